The van der Waals surface area contributed by atoms with Gasteiger partial charge >= 0.3 is 5.97 Å². The number of benzene rings is 1. The molecular weight excluding hydrogens is 327 g/mol. The van der Waals surface area contributed by atoms with E-state index in [9.17, 15) is 14.0 Å². The van der Waals surface area contributed by atoms with Crippen molar-refractivity contribution >= 4 is 17.6 Å². The lowest BCUT2D eigenvalue weighted by Gasteiger charge is -2.35. The van der Waals surface area contributed by atoms with Gasteiger partial charge in [-0.05, 0) is 25.0 Å². The van der Waals surface area contributed by atoms with Gasteiger partial charge in [0.2, 0.25) is 6.10 Å². The van der Waals surface area contributed by atoms with Crippen molar-refractivity contribution in [3.8, 4) is 0 Å². The lowest BCUT2D eigenvalue weighted by atomic mass is 9.81. The third kappa shape index (κ3) is 3.65. The summed E-state index contributed by atoms with van der Waals surface area (Å²) >= 11 is 0. The number of carbonyl (C=O) groups excluding carboxylic acids is 2. The van der Waals surface area contributed by atoms with E-state index in [2.05, 4.69) is 10.5 Å². The van der Waals surface area contributed by atoms with Gasteiger partial charge in [0.25, 0.3) is 5.91 Å². The number of amides is 1. The van der Waals surface area contributed by atoms with E-state index in [1.165, 1.54) is 19.2 Å². The molecule has 3 rings (SSSR count). The first-order chi connectivity index (χ1) is 12.0. The molecule has 134 valence electrons. The van der Waals surface area contributed by atoms with Crippen molar-refractivity contribution < 1.29 is 23.6 Å². The summed E-state index contributed by atoms with van der Waals surface area (Å²) in [5, 5.41) is 6.73. The van der Waals surface area contributed by atoms with Crippen LogP contribution in [0, 0.1) is 5.82 Å². The number of rotatable bonds is 4. The van der Waals surface area contributed by atoms with Gasteiger partial charge in [-0.25, -0.2) is 9.18 Å². The molecular formula is C18H21FN2O4. The predicted molar refractivity (Wildman–Crippen MR) is 88.4 cm³/mol. The summed E-state index contributed by atoms with van der Waals surface area (Å²) in [5.41, 5.74) is 0.0979. The summed E-state index contributed by atoms with van der Waals surface area (Å²) in [6, 6.07) is 5.98. The number of nitrogens with one attached hydrogen (secondary N) is 1. The Hall–Kier alpha value is -2.44. The molecule has 1 N–H and O–H groups in total. The molecule has 1 heterocycles. The van der Waals surface area contributed by atoms with Crippen LogP contribution in [0.5, 0.6) is 0 Å². The normalized spacial score (nSPS) is 21.8. The number of halogens is 1. The molecule has 7 heteroatoms. The van der Waals surface area contributed by atoms with Crippen molar-refractivity contribution in [1.29, 1.82) is 0 Å². The van der Waals surface area contributed by atoms with E-state index in [1.807, 2.05) is 0 Å². The number of oxime groups is 1. The Balaban J connectivity index is 1.67. The number of ether oxygens (including phenoxy) is 1. The summed E-state index contributed by atoms with van der Waals surface area (Å²) in [6.07, 6.45) is 3.24. The minimum absolute atomic E-state index is 0.229. The molecule has 25 heavy (non-hydrogen) atoms. The van der Waals surface area contributed by atoms with Gasteiger partial charge < -0.3 is 14.9 Å². The van der Waals surface area contributed by atoms with Gasteiger partial charge in [-0.2, -0.15) is 0 Å². The van der Waals surface area contributed by atoms with Gasteiger partial charge in [0.05, 0.1) is 12.8 Å². The highest BCUT2D eigenvalue weighted by Gasteiger charge is 2.44. The zero-order valence-corrected chi connectivity index (χ0v) is 14.1. The molecule has 0 radical (unpaired) electrons. The molecule has 1 aromatic rings. The van der Waals surface area contributed by atoms with Crippen molar-refractivity contribution in [3.63, 3.8) is 0 Å². The van der Waals surface area contributed by atoms with Gasteiger partial charge in [-0.3, -0.25) is 4.79 Å². The molecule has 1 aliphatic heterocycles. The van der Waals surface area contributed by atoms with E-state index in [-0.39, 0.29) is 12.2 Å². The quantitative estimate of drug-likeness (QED) is 0.847. The highest BCUT2D eigenvalue weighted by molar-refractivity contribution is 6.04. The van der Waals surface area contributed by atoms with Crippen LogP contribution in [0.2, 0.25) is 0 Å². The van der Waals surface area contributed by atoms with Crippen LogP contribution in [0.3, 0.4) is 0 Å². The third-order valence-electron chi connectivity index (χ3n) is 4.76. The van der Waals surface area contributed by atoms with Gasteiger partial charge in [0.1, 0.15) is 11.4 Å². The van der Waals surface area contributed by atoms with E-state index in [4.69, 9.17) is 9.57 Å². The Bertz CT molecular complexity index is 698. The van der Waals surface area contributed by atoms with Crippen LogP contribution in [0.25, 0.3) is 0 Å². The van der Waals surface area contributed by atoms with Crippen molar-refractivity contribution in [2.45, 2.75) is 50.2 Å². The van der Waals surface area contributed by atoms with Gasteiger partial charge in [-0.1, -0.05) is 36.6 Å². The second-order valence-electron chi connectivity index (χ2n) is 6.47. The molecule has 0 saturated heterocycles. The van der Waals surface area contributed by atoms with Crippen molar-refractivity contribution in [1.82, 2.24) is 5.32 Å². The Morgan fingerprint density at radius 1 is 1.32 bits per heavy atom. The molecule has 0 bridgehead atoms. The van der Waals surface area contributed by atoms with E-state index in [0.717, 1.165) is 19.3 Å². The highest BCUT2D eigenvalue weighted by atomic mass is 19.1. The fraction of sp³-hybridized carbons (Fsp3) is 0.500. The van der Waals surface area contributed by atoms with Crippen molar-refractivity contribution in [2.75, 3.05) is 7.11 Å². The summed E-state index contributed by atoms with van der Waals surface area (Å²) in [7, 11) is 1.32. The molecule has 0 spiro atoms. The Morgan fingerprint density at radius 2 is 2.08 bits per heavy atom. The predicted octanol–water partition coefficient (Wildman–Crippen LogP) is 2.31. The van der Waals surface area contributed by atoms with Crippen LogP contribution in [0.4, 0.5) is 4.39 Å². The number of hydrogen-bond donors (Lipinski definition) is 1. The number of methoxy groups -OCH3 is 1. The second-order valence-corrected chi connectivity index (χ2v) is 6.47. The van der Waals surface area contributed by atoms with Crippen molar-refractivity contribution in [2.24, 2.45) is 5.16 Å². The van der Waals surface area contributed by atoms with E-state index < -0.39 is 23.5 Å². The average Bonchev–Trinajstić information content (AvgIpc) is 3.12. The second kappa shape index (κ2) is 7.21. The first-order valence-corrected chi connectivity index (χ1v) is 8.43. The molecule has 1 atom stereocenters. The summed E-state index contributed by atoms with van der Waals surface area (Å²) in [4.78, 5) is 30.0. The zero-order chi connectivity index (χ0) is 17.9. The zero-order valence-electron chi connectivity index (χ0n) is 14.1. The minimum atomic E-state index is -0.991. The Morgan fingerprint density at radius 3 is 2.76 bits per heavy atom. The Labute approximate surface area is 145 Å². The number of carbonyl (C=O) groups is 2. The molecule has 1 fully saturated rings. The molecule has 2 aliphatic rings. The molecule has 0 unspecified atom stereocenters. The van der Waals surface area contributed by atoms with E-state index >= 15 is 0 Å². The van der Waals surface area contributed by atoms with Gasteiger partial charge in [0.15, 0.2) is 0 Å². The van der Waals surface area contributed by atoms with E-state index in [0.29, 0.717) is 24.1 Å². The third-order valence-corrected chi connectivity index (χ3v) is 4.76. The topological polar surface area (TPSA) is 77.0 Å². The number of hydrogen-bond acceptors (Lipinski definition) is 5. The maximum Gasteiger partial charge on any atom is 0.331 e. The average molecular weight is 348 g/mol. The standard InChI is InChI=1S/C18H21FN2O4/c1-24-17(23)18(8-3-2-4-9-18)20-16(22)15-11-14(21-25-15)12-6-5-7-13(19)10-12/h5-7,10,15H,2-4,8-9,11H2,1H3,(H,20,22)/t15-/m0/s1. The van der Waals surface area contributed by atoms with E-state index in [1.54, 1.807) is 12.1 Å². The molecule has 0 aromatic heterocycles. The van der Waals surface area contributed by atoms with Crippen LogP contribution in [0.1, 0.15) is 44.1 Å². The highest BCUT2D eigenvalue weighted by Crippen LogP contribution is 2.30. The van der Waals surface area contributed by atoms with Crippen molar-refractivity contribution in [3.05, 3.63) is 35.6 Å². The first-order valence-electron chi connectivity index (χ1n) is 8.43. The van der Waals surface area contributed by atoms with Crippen LogP contribution >= 0.6 is 0 Å². The summed E-state index contributed by atoms with van der Waals surface area (Å²) < 4.78 is 18.2. The smallest absolute Gasteiger partial charge is 0.331 e. The molecule has 1 aliphatic carbocycles. The monoisotopic (exact) mass is 348 g/mol. The maximum absolute atomic E-state index is 13.3. The minimum Gasteiger partial charge on any atom is -0.467 e. The maximum atomic E-state index is 13.3. The lowest BCUT2D eigenvalue weighted by Crippen LogP contribution is -2.58. The molecule has 1 saturated carbocycles. The van der Waals surface area contributed by atoms with Crippen LogP contribution in [0.15, 0.2) is 29.4 Å². The lowest BCUT2D eigenvalue weighted by molar-refractivity contribution is -0.154. The summed E-state index contributed by atoms with van der Waals surface area (Å²) in [5.74, 6) is -1.20. The number of esters is 1. The van der Waals surface area contributed by atoms with Crippen LogP contribution in [-0.2, 0) is 19.2 Å². The molecule has 1 amide bonds. The molecule has 6 nitrogen and oxygen atoms in total. The summed E-state index contributed by atoms with van der Waals surface area (Å²) in [6.45, 7) is 0. The fourth-order valence-corrected chi connectivity index (χ4v) is 3.40. The largest absolute Gasteiger partial charge is 0.467 e. The fourth-order valence-electron chi connectivity index (χ4n) is 3.40. The SMILES string of the molecule is COC(=O)C1(NC(=O)[C@@H]2CC(c3cccc(F)c3)=NO2)CCCCC1. The van der Waals surface area contributed by atoms with Crippen LogP contribution < -0.4 is 5.32 Å². The van der Waals surface area contributed by atoms with Crippen LogP contribution in [-0.4, -0.2) is 36.3 Å². The molecule has 1 aromatic carbocycles. The Kier molecular flexibility index (Phi) is 5.01. The number of nitrogens with zero attached hydrogens (tertiary/aromatic N) is 1. The van der Waals surface area contributed by atoms with Gasteiger partial charge in [-0.15, -0.1) is 0 Å². The van der Waals surface area contributed by atoms with Gasteiger partial charge in [0, 0.05) is 12.0 Å². The first kappa shape index (κ1) is 17.4.